The number of hydrogen-bond acceptors (Lipinski definition) is 5. The highest BCUT2D eigenvalue weighted by atomic mass is 19.1. The van der Waals surface area contributed by atoms with Gasteiger partial charge in [-0.3, -0.25) is 0 Å². The molecule has 0 spiro atoms. The molecule has 5 nitrogen and oxygen atoms in total. The Morgan fingerprint density at radius 2 is 2.13 bits per heavy atom. The van der Waals surface area contributed by atoms with Crippen molar-refractivity contribution in [1.29, 1.82) is 0 Å². The van der Waals surface area contributed by atoms with Crippen molar-refractivity contribution in [2.45, 2.75) is 38.4 Å². The maximum atomic E-state index is 14.6. The Balaban J connectivity index is 1.48. The number of aliphatic hydroxyl groups is 2. The molecule has 2 atom stereocenters. The molecule has 30 heavy (non-hydrogen) atoms. The van der Waals surface area contributed by atoms with Gasteiger partial charge >= 0.3 is 0 Å². The molecule has 0 radical (unpaired) electrons. The summed E-state index contributed by atoms with van der Waals surface area (Å²) >= 11 is 0. The van der Waals surface area contributed by atoms with E-state index in [1.807, 2.05) is 39.9 Å². The molecule has 1 saturated heterocycles. The quantitative estimate of drug-likeness (QED) is 0.668. The van der Waals surface area contributed by atoms with E-state index in [9.17, 15) is 14.6 Å². The number of β-amino-alcohol motifs (C(OH)–C–C–N with tert-alkyl or cyclic N) is 1. The van der Waals surface area contributed by atoms with Crippen molar-refractivity contribution in [3.05, 3.63) is 59.0 Å². The molecule has 2 aromatic rings. The lowest BCUT2D eigenvalue weighted by Gasteiger charge is -2.43. The molecule has 7 heteroatoms. The van der Waals surface area contributed by atoms with Crippen LogP contribution in [0.2, 0.25) is 0 Å². The fraction of sp³-hybridized carbons (Fsp3) is 0.391. The van der Waals surface area contributed by atoms with Crippen LogP contribution in [0.4, 0.5) is 15.8 Å². The van der Waals surface area contributed by atoms with Gasteiger partial charge in [0.25, 0.3) is 0 Å². The zero-order valence-electron chi connectivity index (χ0n) is 17.8. The largest absolute Gasteiger partial charge is 0.490 e. The minimum absolute atomic E-state index is 0.0284. The van der Waals surface area contributed by atoms with Gasteiger partial charge in [0.1, 0.15) is 37.7 Å². The summed E-state index contributed by atoms with van der Waals surface area (Å²) in [6, 6.07) is 7.28. The molecule has 2 aliphatic heterocycles. The molecule has 0 saturated carbocycles. The van der Waals surface area contributed by atoms with E-state index >= 15 is 0 Å². The summed E-state index contributed by atoms with van der Waals surface area (Å²) in [7, 11) is 1.86. The number of hydrogen-bond donors (Lipinski definition) is 3. The zero-order valence-corrected chi connectivity index (χ0v) is 17.8. The molecule has 2 aromatic carbocycles. The van der Waals surface area contributed by atoms with E-state index in [0.29, 0.717) is 24.4 Å². The van der Waals surface area contributed by atoms with Gasteiger partial charge in [0, 0.05) is 36.5 Å². The van der Waals surface area contributed by atoms with E-state index in [-0.39, 0.29) is 25.4 Å². The number of piperidine rings is 1. The second-order valence-electron chi connectivity index (χ2n) is 8.66. The van der Waals surface area contributed by atoms with Gasteiger partial charge in [0.2, 0.25) is 0 Å². The molecule has 0 amide bonds. The van der Waals surface area contributed by atoms with Crippen LogP contribution >= 0.6 is 0 Å². The standard InChI is InChI=1S/C23H28BFN2O3/c1-13-8-17(24)22(18(25)9-13)27-7-6-23(29,20(28)11-27)12-30-19-5-4-14(2)21-16(19)10-15(3)26-21/h4-5,8-9,20,26,28-29H,3,6-7,10-12,24H2,1-2H3/t20-,23-/m1/s1. The van der Waals surface area contributed by atoms with Crippen LogP contribution in [0.3, 0.4) is 0 Å². The summed E-state index contributed by atoms with van der Waals surface area (Å²) in [5.41, 5.74) is 4.82. The predicted octanol–water partition coefficient (Wildman–Crippen LogP) is 1.56. The molecule has 2 heterocycles. The Labute approximate surface area is 177 Å². The number of allylic oxidation sites excluding steroid dienone is 1. The van der Waals surface area contributed by atoms with Gasteiger partial charge in [-0.1, -0.05) is 24.2 Å². The maximum Gasteiger partial charge on any atom is 0.146 e. The molecule has 4 rings (SSSR count). The smallest absolute Gasteiger partial charge is 0.146 e. The van der Waals surface area contributed by atoms with Gasteiger partial charge in [0.05, 0.1) is 5.69 Å². The van der Waals surface area contributed by atoms with E-state index in [4.69, 9.17) is 4.74 Å². The number of halogens is 1. The van der Waals surface area contributed by atoms with Crippen LogP contribution in [0.5, 0.6) is 5.75 Å². The third-order valence-corrected chi connectivity index (χ3v) is 6.19. The predicted molar refractivity (Wildman–Crippen MR) is 120 cm³/mol. The second-order valence-corrected chi connectivity index (χ2v) is 8.66. The molecule has 3 N–H and O–H groups in total. The molecule has 2 aliphatic rings. The highest BCUT2D eigenvalue weighted by Gasteiger charge is 2.42. The van der Waals surface area contributed by atoms with Crippen LogP contribution in [0.1, 0.15) is 23.1 Å². The molecular weight excluding hydrogens is 382 g/mol. The number of aryl methyl sites for hydroxylation is 2. The molecule has 1 fully saturated rings. The Kier molecular flexibility index (Phi) is 5.28. The van der Waals surface area contributed by atoms with Gasteiger partial charge in [-0.15, -0.1) is 0 Å². The lowest BCUT2D eigenvalue weighted by atomic mass is 9.86. The zero-order chi connectivity index (χ0) is 21.6. The molecule has 158 valence electrons. The first-order valence-corrected chi connectivity index (χ1v) is 10.3. The molecular formula is C23H28BFN2O3. The van der Waals surface area contributed by atoms with Crippen molar-refractivity contribution < 1.29 is 19.3 Å². The number of nitrogens with one attached hydrogen (secondary N) is 1. The Morgan fingerprint density at radius 3 is 2.83 bits per heavy atom. The third kappa shape index (κ3) is 3.68. The van der Waals surface area contributed by atoms with E-state index in [2.05, 4.69) is 11.9 Å². The number of nitrogens with zero attached hydrogens (tertiary/aromatic N) is 1. The Bertz CT molecular complexity index is 989. The lowest BCUT2D eigenvalue weighted by molar-refractivity contribution is -0.108. The molecule has 0 aliphatic carbocycles. The van der Waals surface area contributed by atoms with Crippen LogP contribution in [-0.4, -0.2) is 49.5 Å². The molecule has 0 bridgehead atoms. The Hall–Kier alpha value is -2.51. The number of anilines is 2. The normalized spacial score (nSPS) is 23.3. The summed E-state index contributed by atoms with van der Waals surface area (Å²) in [6.45, 7) is 8.42. The van der Waals surface area contributed by atoms with Crippen molar-refractivity contribution in [3.8, 4) is 5.75 Å². The van der Waals surface area contributed by atoms with Gasteiger partial charge < -0.3 is 25.2 Å². The first kappa shape index (κ1) is 20.8. The van der Waals surface area contributed by atoms with Crippen molar-refractivity contribution in [3.63, 3.8) is 0 Å². The average molecular weight is 410 g/mol. The van der Waals surface area contributed by atoms with Gasteiger partial charge in [-0.25, -0.2) is 4.39 Å². The van der Waals surface area contributed by atoms with E-state index < -0.39 is 11.7 Å². The van der Waals surface area contributed by atoms with E-state index in [0.717, 1.165) is 33.5 Å². The minimum Gasteiger partial charge on any atom is -0.490 e. The van der Waals surface area contributed by atoms with Gasteiger partial charge in [0.15, 0.2) is 0 Å². The first-order valence-electron chi connectivity index (χ1n) is 10.3. The first-order chi connectivity index (χ1) is 14.2. The number of benzene rings is 2. The Morgan fingerprint density at radius 1 is 1.37 bits per heavy atom. The highest BCUT2D eigenvalue weighted by molar-refractivity contribution is 6.36. The average Bonchev–Trinajstić information content (AvgIpc) is 3.06. The van der Waals surface area contributed by atoms with Crippen LogP contribution in [0.25, 0.3) is 0 Å². The SMILES string of the molecule is Bc1cc(C)cc(F)c1N1CC[C@@](O)(COc2ccc(C)c3c2CC(=C)N3)[C@H](O)C1. The monoisotopic (exact) mass is 410 g/mol. The van der Waals surface area contributed by atoms with Gasteiger partial charge in [-0.05, 0) is 43.5 Å². The van der Waals surface area contributed by atoms with Crippen molar-refractivity contribution >= 4 is 24.7 Å². The molecule has 0 aromatic heterocycles. The van der Waals surface area contributed by atoms with Crippen LogP contribution in [-0.2, 0) is 6.42 Å². The number of ether oxygens (including phenoxy) is 1. The van der Waals surface area contributed by atoms with Crippen LogP contribution in [0.15, 0.2) is 36.5 Å². The maximum absolute atomic E-state index is 14.6. The highest BCUT2D eigenvalue weighted by Crippen LogP contribution is 2.38. The number of fused-ring (bicyclic) bond motifs is 1. The lowest BCUT2D eigenvalue weighted by Crippen LogP contribution is -2.59. The molecule has 0 unspecified atom stereocenters. The minimum atomic E-state index is -1.40. The number of rotatable bonds is 4. The van der Waals surface area contributed by atoms with E-state index in [1.54, 1.807) is 4.90 Å². The summed E-state index contributed by atoms with van der Waals surface area (Å²) in [6.07, 6.45) is -0.106. The number of aliphatic hydroxyl groups excluding tert-OH is 1. The third-order valence-electron chi connectivity index (χ3n) is 6.19. The van der Waals surface area contributed by atoms with E-state index in [1.165, 1.54) is 6.07 Å². The fourth-order valence-electron chi connectivity index (χ4n) is 4.51. The van der Waals surface area contributed by atoms with Crippen molar-refractivity contribution in [1.82, 2.24) is 0 Å². The van der Waals surface area contributed by atoms with Crippen LogP contribution in [0, 0.1) is 19.7 Å². The summed E-state index contributed by atoms with van der Waals surface area (Å²) < 4.78 is 20.5. The van der Waals surface area contributed by atoms with Crippen LogP contribution < -0.4 is 20.4 Å². The van der Waals surface area contributed by atoms with Crippen molar-refractivity contribution in [2.75, 3.05) is 29.9 Å². The topological polar surface area (TPSA) is 65.0 Å². The van der Waals surface area contributed by atoms with Gasteiger partial charge in [-0.2, -0.15) is 0 Å². The second kappa shape index (κ2) is 7.63. The van der Waals surface area contributed by atoms with Crippen molar-refractivity contribution in [2.24, 2.45) is 0 Å². The summed E-state index contributed by atoms with van der Waals surface area (Å²) in [5, 5.41) is 25.1. The fourth-order valence-corrected chi connectivity index (χ4v) is 4.51. The summed E-state index contributed by atoms with van der Waals surface area (Å²) in [4.78, 5) is 1.81. The summed E-state index contributed by atoms with van der Waals surface area (Å²) in [5.74, 6) is 0.384.